The number of fused-ring (bicyclic) bond motifs is 2. The summed E-state index contributed by atoms with van der Waals surface area (Å²) in [6, 6.07) is 15.7. The second-order valence-corrected chi connectivity index (χ2v) is 20.2. The first-order valence-electron chi connectivity index (χ1n) is 25.2. The Balaban J connectivity index is 0.000000155. The molecule has 18 nitrogen and oxygen atoms in total. The number of benzene rings is 2. The number of rotatable bonds is 8. The molecule has 0 aliphatic carbocycles. The zero-order valence-electron chi connectivity index (χ0n) is 44.2. The summed E-state index contributed by atoms with van der Waals surface area (Å²) in [7, 11) is -0.669. The van der Waals surface area contributed by atoms with Gasteiger partial charge in [-0.1, -0.05) is 23.7 Å². The normalized spacial score (nSPS) is 16.2. The van der Waals surface area contributed by atoms with Gasteiger partial charge in [0.1, 0.15) is 0 Å². The summed E-state index contributed by atoms with van der Waals surface area (Å²) in [4.78, 5) is 46.9. The largest absolute Gasteiger partial charge is 0.496 e. The molecule has 11 rings (SSSR count). The van der Waals surface area contributed by atoms with Gasteiger partial charge < -0.3 is 39.2 Å². The second-order valence-electron chi connectivity index (χ2n) is 19.8. The van der Waals surface area contributed by atoms with Gasteiger partial charge in [-0.05, 0) is 96.1 Å². The van der Waals surface area contributed by atoms with Crippen LogP contribution in [-0.4, -0.2) is 122 Å². The van der Waals surface area contributed by atoms with Crippen molar-refractivity contribution in [1.82, 2.24) is 39.2 Å². The maximum Gasteiger partial charge on any atom is 0.496 e. The maximum absolute atomic E-state index is 13.0. The van der Waals surface area contributed by atoms with Gasteiger partial charge in [0.2, 0.25) is 0 Å². The highest BCUT2D eigenvalue weighted by molar-refractivity contribution is 6.62. The van der Waals surface area contributed by atoms with E-state index in [-0.39, 0.29) is 11.1 Å². The molecule has 6 aromatic heterocycles. The van der Waals surface area contributed by atoms with Gasteiger partial charge in [0.15, 0.2) is 16.4 Å². The Morgan fingerprint density at radius 1 is 0.613 bits per heavy atom. The van der Waals surface area contributed by atoms with Crippen molar-refractivity contribution in [2.45, 2.75) is 65.1 Å². The monoisotopic (exact) mass is 1130 g/mol. The lowest BCUT2D eigenvalue weighted by atomic mass is 9.78. The molecule has 26 heteroatoms. The first kappa shape index (κ1) is 57.0. The van der Waals surface area contributed by atoms with Crippen molar-refractivity contribution < 1.29 is 54.7 Å². The van der Waals surface area contributed by atoms with Crippen LogP contribution < -0.4 is 25.9 Å². The van der Waals surface area contributed by atoms with Gasteiger partial charge in [-0.3, -0.25) is 19.6 Å². The van der Waals surface area contributed by atoms with Crippen molar-refractivity contribution in [2.75, 3.05) is 73.0 Å². The van der Waals surface area contributed by atoms with E-state index >= 15 is 0 Å². The van der Waals surface area contributed by atoms with Crippen LogP contribution in [0.1, 0.15) is 70.9 Å². The molecule has 3 aliphatic rings. The molecule has 0 unspecified atom stereocenters. The predicted molar refractivity (Wildman–Crippen MR) is 289 cm³/mol. The zero-order chi connectivity index (χ0) is 57.1. The first-order valence-corrected chi connectivity index (χ1v) is 25.6. The van der Waals surface area contributed by atoms with Crippen LogP contribution in [0.5, 0.6) is 0 Å². The van der Waals surface area contributed by atoms with Crippen molar-refractivity contribution in [3.8, 4) is 11.3 Å². The van der Waals surface area contributed by atoms with Gasteiger partial charge in [0.05, 0.1) is 89.6 Å². The molecular formula is C54H54BClF6N12O6. The molecule has 2 aromatic carbocycles. The number of carbonyl (C=O) groups excluding carboxylic acids is 2. The molecule has 3 fully saturated rings. The number of nitrogens with one attached hydrogen (secondary N) is 2. The highest BCUT2D eigenvalue weighted by Crippen LogP contribution is 2.37. The number of morpholine rings is 2. The Morgan fingerprint density at radius 3 is 1.57 bits per heavy atom. The number of nitrogens with zero attached hydrogens (tertiary/aromatic N) is 10. The van der Waals surface area contributed by atoms with Crippen molar-refractivity contribution >= 4 is 70.0 Å². The van der Waals surface area contributed by atoms with Crippen LogP contribution in [0.3, 0.4) is 0 Å². The Bertz CT molecular complexity index is 3530. The second kappa shape index (κ2) is 23.2. The SMILES string of the molecule is Cc1ncc(NC(=O)c2cccc(C(F)(F)F)c2)cc1-c1cc(N2CCOCC2)c2nccn2n1.Cc1ncc(NC(=O)c2cccc(C(F)(F)F)c2)cc1B1OC(C)(C)C(C)(C)O1.Clc1cc(N2CCOCC2)c2nccn2n1. The third-order valence-corrected chi connectivity index (χ3v) is 14.0. The summed E-state index contributed by atoms with van der Waals surface area (Å²) in [5.41, 5.74) is 4.40. The summed E-state index contributed by atoms with van der Waals surface area (Å²) < 4.78 is 104. The Morgan fingerprint density at radius 2 is 1.07 bits per heavy atom. The number of anilines is 4. The topological polar surface area (TPSA) is 188 Å². The van der Waals surface area contributed by atoms with Crippen LogP contribution in [-0.2, 0) is 31.1 Å². The molecule has 3 saturated heterocycles. The molecule has 2 amide bonds. The summed E-state index contributed by atoms with van der Waals surface area (Å²) in [6.45, 7) is 17.2. The van der Waals surface area contributed by atoms with Crippen LogP contribution in [0.2, 0.25) is 5.15 Å². The predicted octanol–water partition coefficient (Wildman–Crippen LogP) is 9.39. The van der Waals surface area contributed by atoms with Gasteiger partial charge in [-0.25, -0.2) is 19.0 Å². The van der Waals surface area contributed by atoms with E-state index in [1.54, 1.807) is 52.9 Å². The summed E-state index contributed by atoms with van der Waals surface area (Å²) in [5.74, 6) is -1.33. The maximum atomic E-state index is 13.0. The molecule has 80 heavy (non-hydrogen) atoms. The Labute approximate surface area is 460 Å². The lowest BCUT2D eigenvalue weighted by Gasteiger charge is -2.32. The number of aromatic nitrogens is 8. The molecule has 0 atom stereocenters. The van der Waals surface area contributed by atoms with Gasteiger partial charge in [0, 0.05) is 90.6 Å². The van der Waals surface area contributed by atoms with E-state index in [0.29, 0.717) is 57.8 Å². The zero-order valence-corrected chi connectivity index (χ0v) is 44.9. The molecule has 2 N–H and O–H groups in total. The van der Waals surface area contributed by atoms with Gasteiger partial charge >= 0.3 is 19.5 Å². The van der Waals surface area contributed by atoms with Gasteiger partial charge in [0.25, 0.3) is 11.8 Å². The number of ether oxygens (including phenoxy) is 2. The number of imidazole rings is 2. The number of alkyl halides is 6. The van der Waals surface area contributed by atoms with E-state index in [9.17, 15) is 35.9 Å². The highest BCUT2D eigenvalue weighted by atomic mass is 35.5. The number of hydrogen-bond donors (Lipinski definition) is 2. The summed E-state index contributed by atoms with van der Waals surface area (Å²) in [6.07, 6.45) is 0.792. The van der Waals surface area contributed by atoms with Gasteiger partial charge in [-0.2, -0.15) is 36.5 Å². The number of pyridine rings is 2. The van der Waals surface area contributed by atoms with Crippen molar-refractivity contribution in [3.05, 3.63) is 149 Å². The molecule has 0 spiro atoms. The Hall–Kier alpha value is -7.71. The van der Waals surface area contributed by atoms with E-state index in [1.807, 2.05) is 46.8 Å². The fourth-order valence-corrected chi connectivity index (χ4v) is 8.93. The number of hydrogen-bond acceptors (Lipinski definition) is 14. The van der Waals surface area contributed by atoms with E-state index in [0.717, 1.165) is 86.3 Å². The molecule has 8 aromatic rings. The van der Waals surface area contributed by atoms with E-state index in [1.165, 1.54) is 36.7 Å². The lowest BCUT2D eigenvalue weighted by Crippen LogP contribution is -2.41. The third-order valence-electron chi connectivity index (χ3n) is 13.8. The first-order chi connectivity index (χ1) is 37.9. The Kier molecular flexibility index (Phi) is 16.5. The molecule has 0 bridgehead atoms. The quantitative estimate of drug-likeness (QED) is 0.108. The third kappa shape index (κ3) is 13.0. The average molecular weight is 1130 g/mol. The number of aryl methyl sites for hydroxylation is 2. The molecule has 0 radical (unpaired) electrons. The molecule has 418 valence electrons. The number of halogens is 7. The van der Waals surface area contributed by atoms with Crippen molar-refractivity contribution in [3.63, 3.8) is 0 Å². The molecule has 3 aliphatic heterocycles. The van der Waals surface area contributed by atoms with Crippen molar-refractivity contribution in [2.24, 2.45) is 0 Å². The van der Waals surface area contributed by atoms with E-state index in [2.05, 4.69) is 50.6 Å². The smallest absolute Gasteiger partial charge is 0.399 e. The molecular weight excluding hydrogens is 1070 g/mol. The van der Waals surface area contributed by atoms with Gasteiger partial charge in [-0.15, -0.1) is 0 Å². The molecule has 0 saturated carbocycles. The minimum atomic E-state index is -4.54. The summed E-state index contributed by atoms with van der Waals surface area (Å²) in [5, 5.41) is 14.5. The minimum Gasteiger partial charge on any atom is -0.399 e. The highest BCUT2D eigenvalue weighted by Gasteiger charge is 2.52. The standard InChI is InChI=1S/C24H21F3N6O2.C20H22BF3N2O3.C10H11ClN4O/c1-15-19(20-13-21(32-7-9-35-10-8-32)22-28-5-6-33(22)31-20)12-18(14-29-15)30-23(34)16-3-2-4-17(11-16)24(25,26)27;1-12-16(21-28-18(2,3)19(4,5)29-21)10-15(11-25-12)26-17(27)13-7-6-8-14(9-13)20(22,23)24;11-9-7-8(14-3-5-16-6-4-14)10-12-1-2-15(10)13-9/h2-6,11-14H,7-10H2,1H3,(H,30,34);6-11H,1-5H3,(H,26,27);1-2,7H,3-6H2. The number of amides is 2. The van der Waals surface area contributed by atoms with E-state index < -0.39 is 53.6 Å². The van der Waals surface area contributed by atoms with Crippen molar-refractivity contribution in [1.29, 1.82) is 0 Å². The number of carbonyl (C=O) groups is 2. The minimum absolute atomic E-state index is 0.0995. The fraction of sp³-hybridized carbons (Fsp3) is 0.333. The van der Waals surface area contributed by atoms with E-state index in [4.69, 9.17) is 30.4 Å². The fourth-order valence-electron chi connectivity index (χ4n) is 8.74. The molecule has 9 heterocycles. The van der Waals surface area contributed by atoms with Crippen LogP contribution in [0.4, 0.5) is 49.1 Å². The summed E-state index contributed by atoms with van der Waals surface area (Å²) >= 11 is 5.98. The van der Waals surface area contributed by atoms with Crippen LogP contribution in [0, 0.1) is 13.8 Å². The van der Waals surface area contributed by atoms with Crippen LogP contribution in [0.15, 0.2) is 110 Å². The van der Waals surface area contributed by atoms with Crippen LogP contribution >= 0.6 is 11.6 Å². The average Bonchev–Trinajstić information content (AvgIpc) is 4.26. The van der Waals surface area contributed by atoms with Crippen LogP contribution in [0.25, 0.3) is 22.6 Å². The lowest BCUT2D eigenvalue weighted by molar-refractivity contribution is -0.138.